The number of para-hydroxylation sites is 1. The summed E-state index contributed by atoms with van der Waals surface area (Å²) in [7, 11) is 0. The summed E-state index contributed by atoms with van der Waals surface area (Å²) in [5.74, 6) is -0.127. The van der Waals surface area contributed by atoms with Gasteiger partial charge in [0.25, 0.3) is 5.91 Å². The van der Waals surface area contributed by atoms with E-state index >= 15 is 0 Å². The first-order valence-corrected chi connectivity index (χ1v) is 8.42. The van der Waals surface area contributed by atoms with E-state index in [2.05, 4.69) is 20.6 Å². The zero-order valence-electron chi connectivity index (χ0n) is 11.9. The summed E-state index contributed by atoms with van der Waals surface area (Å²) >= 11 is 2.86. The topological polar surface area (TPSA) is 66.4 Å². The van der Waals surface area contributed by atoms with E-state index in [1.807, 2.05) is 43.3 Å². The van der Waals surface area contributed by atoms with Gasteiger partial charge in [-0.05, 0) is 36.9 Å². The highest BCUT2D eigenvalue weighted by molar-refractivity contribution is 8.18. The van der Waals surface area contributed by atoms with E-state index in [1.54, 1.807) is 6.20 Å². The zero-order chi connectivity index (χ0) is 15.4. The van der Waals surface area contributed by atoms with E-state index < -0.39 is 0 Å². The molecule has 0 spiro atoms. The SMILES string of the molecule is CCNc1ncc(/C=C2\S/C(=N\c3ccccc3)NC2=O)s1. The van der Waals surface area contributed by atoms with Crippen molar-refractivity contribution in [2.24, 2.45) is 4.99 Å². The first-order chi connectivity index (χ1) is 10.7. The largest absolute Gasteiger partial charge is 0.362 e. The summed E-state index contributed by atoms with van der Waals surface area (Å²) in [5, 5.41) is 7.39. The van der Waals surface area contributed by atoms with Gasteiger partial charge in [-0.1, -0.05) is 29.5 Å². The number of amides is 1. The van der Waals surface area contributed by atoms with Gasteiger partial charge in [-0.25, -0.2) is 9.98 Å². The number of carbonyl (C=O) groups excluding carboxylic acids is 1. The highest BCUT2D eigenvalue weighted by Crippen LogP contribution is 2.30. The van der Waals surface area contributed by atoms with Crippen LogP contribution in [0.3, 0.4) is 0 Å². The molecule has 7 heteroatoms. The summed E-state index contributed by atoms with van der Waals surface area (Å²) in [6.07, 6.45) is 3.60. The molecule has 22 heavy (non-hydrogen) atoms. The number of amidine groups is 1. The summed E-state index contributed by atoms with van der Waals surface area (Å²) < 4.78 is 0. The van der Waals surface area contributed by atoms with Crippen LogP contribution in [0.4, 0.5) is 10.8 Å². The van der Waals surface area contributed by atoms with Gasteiger partial charge < -0.3 is 10.6 Å². The number of thiazole rings is 1. The van der Waals surface area contributed by atoms with Gasteiger partial charge in [0.1, 0.15) is 0 Å². The molecule has 1 fully saturated rings. The Morgan fingerprint density at radius 1 is 1.36 bits per heavy atom. The average molecular weight is 330 g/mol. The van der Waals surface area contributed by atoms with Crippen molar-refractivity contribution in [3.8, 4) is 0 Å². The molecule has 0 unspecified atom stereocenters. The highest BCUT2D eigenvalue weighted by Gasteiger charge is 2.24. The first kappa shape index (κ1) is 14.8. The minimum atomic E-state index is -0.127. The molecular weight excluding hydrogens is 316 g/mol. The normalized spacial score (nSPS) is 18.0. The second-order valence-electron chi connectivity index (χ2n) is 4.42. The number of aromatic nitrogens is 1. The molecule has 1 aliphatic heterocycles. The number of rotatable bonds is 4. The fourth-order valence-corrected chi connectivity index (χ4v) is 3.55. The summed E-state index contributed by atoms with van der Waals surface area (Å²) in [6.45, 7) is 2.85. The molecule has 1 aromatic heterocycles. The Balaban J connectivity index is 1.76. The lowest BCUT2D eigenvalue weighted by Gasteiger charge is -1.94. The molecule has 1 aliphatic rings. The van der Waals surface area contributed by atoms with Gasteiger partial charge in [0, 0.05) is 12.7 Å². The van der Waals surface area contributed by atoms with Crippen LogP contribution in [-0.4, -0.2) is 22.6 Å². The van der Waals surface area contributed by atoms with E-state index in [4.69, 9.17) is 0 Å². The van der Waals surface area contributed by atoms with Gasteiger partial charge in [-0.2, -0.15) is 0 Å². The van der Waals surface area contributed by atoms with Crippen LogP contribution in [-0.2, 0) is 4.79 Å². The third kappa shape index (κ3) is 3.55. The Labute approximate surface area is 136 Å². The third-order valence-corrected chi connectivity index (χ3v) is 4.57. The van der Waals surface area contributed by atoms with Crippen molar-refractivity contribution in [2.75, 3.05) is 11.9 Å². The standard InChI is InChI=1S/C15H14N4OS2/c1-2-16-14-17-9-11(21-14)8-12-13(20)19-15(22-12)18-10-6-4-3-5-7-10/h3-9H,2H2,1H3,(H,16,17)(H,18,19,20)/b12-8-. The van der Waals surface area contributed by atoms with E-state index in [0.29, 0.717) is 10.1 Å². The third-order valence-electron chi connectivity index (χ3n) is 2.76. The molecule has 1 saturated heterocycles. The minimum absolute atomic E-state index is 0.127. The molecule has 0 bridgehead atoms. The molecule has 0 radical (unpaired) electrons. The number of thioether (sulfide) groups is 1. The fourth-order valence-electron chi connectivity index (χ4n) is 1.82. The van der Waals surface area contributed by atoms with Crippen LogP contribution in [0.5, 0.6) is 0 Å². The molecule has 0 saturated carbocycles. The highest BCUT2D eigenvalue weighted by atomic mass is 32.2. The van der Waals surface area contributed by atoms with E-state index in [1.165, 1.54) is 23.1 Å². The molecule has 3 rings (SSSR count). The van der Waals surface area contributed by atoms with Crippen LogP contribution < -0.4 is 10.6 Å². The van der Waals surface area contributed by atoms with Crippen LogP contribution >= 0.6 is 23.1 Å². The van der Waals surface area contributed by atoms with Crippen LogP contribution in [0.15, 0.2) is 46.4 Å². The molecule has 2 heterocycles. The maximum Gasteiger partial charge on any atom is 0.264 e. The molecule has 5 nitrogen and oxygen atoms in total. The van der Waals surface area contributed by atoms with Crippen molar-refractivity contribution < 1.29 is 4.79 Å². The van der Waals surface area contributed by atoms with Gasteiger partial charge in [-0.3, -0.25) is 4.79 Å². The van der Waals surface area contributed by atoms with Crippen molar-refractivity contribution in [3.05, 3.63) is 46.3 Å². The molecule has 2 aromatic rings. The Morgan fingerprint density at radius 3 is 2.95 bits per heavy atom. The van der Waals surface area contributed by atoms with Crippen molar-refractivity contribution in [3.63, 3.8) is 0 Å². The second kappa shape index (κ2) is 6.76. The van der Waals surface area contributed by atoms with Gasteiger partial charge in [-0.15, -0.1) is 0 Å². The van der Waals surface area contributed by atoms with Gasteiger partial charge in [0.2, 0.25) is 0 Å². The zero-order valence-corrected chi connectivity index (χ0v) is 13.5. The maximum absolute atomic E-state index is 12.0. The number of hydrogen-bond acceptors (Lipinski definition) is 6. The summed E-state index contributed by atoms with van der Waals surface area (Å²) in [4.78, 5) is 22.2. The van der Waals surface area contributed by atoms with E-state index in [0.717, 1.165) is 22.2 Å². The minimum Gasteiger partial charge on any atom is -0.362 e. The van der Waals surface area contributed by atoms with Crippen LogP contribution in [0.2, 0.25) is 0 Å². The lowest BCUT2D eigenvalue weighted by atomic mass is 10.3. The molecule has 1 aromatic carbocycles. The predicted molar refractivity (Wildman–Crippen MR) is 93.5 cm³/mol. The molecule has 2 N–H and O–H groups in total. The monoisotopic (exact) mass is 330 g/mol. The predicted octanol–water partition coefficient (Wildman–Crippen LogP) is 3.47. The van der Waals surface area contributed by atoms with Crippen molar-refractivity contribution in [1.29, 1.82) is 0 Å². The van der Waals surface area contributed by atoms with E-state index in [-0.39, 0.29) is 5.91 Å². The molecule has 1 amide bonds. The lowest BCUT2D eigenvalue weighted by molar-refractivity contribution is -0.115. The van der Waals surface area contributed by atoms with E-state index in [9.17, 15) is 4.79 Å². The Kier molecular flexibility index (Phi) is 4.55. The smallest absolute Gasteiger partial charge is 0.264 e. The number of hydrogen-bond donors (Lipinski definition) is 2. The van der Waals surface area contributed by atoms with Crippen molar-refractivity contribution in [2.45, 2.75) is 6.92 Å². The van der Waals surface area contributed by atoms with Gasteiger partial charge in [0.15, 0.2) is 10.3 Å². The van der Waals surface area contributed by atoms with Crippen LogP contribution in [0, 0.1) is 0 Å². The lowest BCUT2D eigenvalue weighted by Crippen LogP contribution is -2.19. The molecule has 0 atom stereocenters. The number of benzene rings is 1. The number of nitrogens with one attached hydrogen (secondary N) is 2. The quantitative estimate of drug-likeness (QED) is 0.843. The first-order valence-electron chi connectivity index (χ1n) is 6.79. The molecule has 112 valence electrons. The van der Waals surface area contributed by atoms with Crippen molar-refractivity contribution >= 4 is 51.1 Å². The van der Waals surface area contributed by atoms with Gasteiger partial charge >= 0.3 is 0 Å². The second-order valence-corrected chi connectivity index (χ2v) is 6.51. The van der Waals surface area contributed by atoms with Gasteiger partial charge in [0.05, 0.1) is 15.5 Å². The number of anilines is 1. The fraction of sp³-hybridized carbons (Fsp3) is 0.133. The van der Waals surface area contributed by atoms with Crippen LogP contribution in [0.25, 0.3) is 6.08 Å². The number of nitrogens with zero attached hydrogens (tertiary/aromatic N) is 2. The average Bonchev–Trinajstić information content (AvgIpc) is 3.08. The Morgan fingerprint density at radius 2 is 2.18 bits per heavy atom. The summed E-state index contributed by atoms with van der Waals surface area (Å²) in [6, 6.07) is 9.55. The maximum atomic E-state index is 12.0. The number of aliphatic imine (C=N–C) groups is 1. The van der Waals surface area contributed by atoms with Crippen LogP contribution in [0.1, 0.15) is 11.8 Å². The van der Waals surface area contributed by atoms with Crippen molar-refractivity contribution in [1.82, 2.24) is 10.3 Å². The molecular formula is C15H14N4OS2. The Hall–Kier alpha value is -2.12. The molecule has 0 aliphatic carbocycles. The summed E-state index contributed by atoms with van der Waals surface area (Å²) in [5.41, 5.74) is 0.818. The Bertz CT molecular complexity index is 737. The number of carbonyl (C=O) groups is 1.